The van der Waals surface area contributed by atoms with Crippen LogP contribution >= 0.6 is 38.5 Å². The van der Waals surface area contributed by atoms with Crippen molar-refractivity contribution in [3.8, 4) is 5.75 Å². The maximum atomic E-state index is 13.8. The number of phenolic OH excluding ortho intramolecular Hbond substituents is 1. The second kappa shape index (κ2) is 8.62. The number of hydrogen-bond donors (Lipinski definition) is 1. The van der Waals surface area contributed by atoms with Crippen LogP contribution in [0.2, 0.25) is 0 Å². The molecule has 1 aliphatic heterocycles. The van der Waals surface area contributed by atoms with Crippen molar-refractivity contribution in [2.45, 2.75) is 18.8 Å². The van der Waals surface area contributed by atoms with Crippen molar-refractivity contribution in [1.82, 2.24) is 0 Å². The molecule has 0 saturated carbocycles. The molecule has 0 radical (unpaired) electrons. The second-order valence-electron chi connectivity index (χ2n) is 9.48. The molecule has 180 valence electrons. The van der Waals surface area contributed by atoms with E-state index >= 15 is 0 Å². The summed E-state index contributed by atoms with van der Waals surface area (Å²) < 4.78 is 1.19. The average molecular weight is 656 g/mol. The maximum Gasteiger partial charge on any atom is 0.238 e. The number of ketones is 2. The Kier molecular flexibility index (Phi) is 5.64. The predicted molar refractivity (Wildman–Crippen MR) is 144 cm³/mol. The zero-order chi connectivity index (χ0) is 25.3. The van der Waals surface area contributed by atoms with E-state index in [1.165, 1.54) is 11.0 Å². The normalized spacial score (nSPS) is 27.4. The number of Topliss-reactive ketones (excluding diaryl/α,β-unsaturated/α-hetero) is 1. The molecule has 4 atom stereocenters. The first-order chi connectivity index (χ1) is 17.3. The fourth-order valence-electron chi connectivity index (χ4n) is 6.14. The van der Waals surface area contributed by atoms with Gasteiger partial charge in [0.1, 0.15) is 5.75 Å². The van der Waals surface area contributed by atoms with Gasteiger partial charge in [0.25, 0.3) is 0 Å². The van der Waals surface area contributed by atoms with Gasteiger partial charge in [0, 0.05) is 26.7 Å². The first-order valence-corrected chi connectivity index (χ1v) is 13.4. The molecule has 2 aromatic rings. The lowest BCUT2D eigenvalue weighted by Gasteiger charge is -2.42. The summed E-state index contributed by atoms with van der Waals surface area (Å²) in [6.07, 6.45) is 3.86. The van der Waals surface area contributed by atoms with Gasteiger partial charge < -0.3 is 5.11 Å². The molecule has 6 rings (SSSR count). The van der Waals surface area contributed by atoms with Crippen LogP contribution in [0.15, 0.2) is 81.9 Å². The van der Waals surface area contributed by atoms with Crippen LogP contribution in [0, 0.1) is 21.3 Å². The summed E-state index contributed by atoms with van der Waals surface area (Å²) in [5.41, 5.74) is 2.84. The Hall–Kier alpha value is -2.85. The molecule has 1 N–H and O–H groups in total. The van der Waals surface area contributed by atoms with Gasteiger partial charge in [-0.15, -0.1) is 0 Å². The summed E-state index contributed by atoms with van der Waals surface area (Å²) in [6.45, 7) is 0. The van der Waals surface area contributed by atoms with E-state index in [2.05, 4.69) is 38.5 Å². The van der Waals surface area contributed by atoms with E-state index in [0.717, 1.165) is 9.14 Å². The van der Waals surface area contributed by atoms with Gasteiger partial charge in [0.2, 0.25) is 11.8 Å². The number of carbonyl (C=O) groups is 4. The number of hydrogen-bond acceptors (Lipinski definition) is 5. The van der Waals surface area contributed by atoms with Crippen molar-refractivity contribution < 1.29 is 24.3 Å². The molecule has 3 aliphatic carbocycles. The number of imide groups is 1. The number of rotatable bonds is 2. The lowest BCUT2D eigenvalue weighted by molar-refractivity contribution is -0.123. The number of carbonyl (C=O) groups excluding carboxylic acids is 4. The SMILES string of the molecule is O=C1C=C(Br)C(=O)C2=C1C(c1cccc(O)c1)C1=CCC3C(=O)N(c4ccc(I)cc4)C(=O)C3C1C2. The minimum Gasteiger partial charge on any atom is -0.508 e. The van der Waals surface area contributed by atoms with Crippen LogP contribution in [-0.2, 0) is 19.2 Å². The summed E-state index contributed by atoms with van der Waals surface area (Å²) in [5, 5.41) is 10.2. The number of benzene rings is 2. The van der Waals surface area contributed by atoms with Crippen LogP contribution in [0.25, 0.3) is 0 Å². The first-order valence-electron chi connectivity index (χ1n) is 11.6. The number of aromatic hydroxyl groups is 1. The standard InChI is InChI=1S/C28H19BrINO5/c29-21-12-22(33)25-20(26(21)34)11-19-17(23(25)13-2-1-3-16(32)10-13)8-9-18-24(19)28(36)31(27(18)35)15-6-4-14(30)5-7-15/h1-8,10,12,18-19,23-24,32H,9,11H2. The molecule has 4 aliphatic rings. The molecular formula is C28H19BrINO5. The highest BCUT2D eigenvalue weighted by Crippen LogP contribution is 2.55. The van der Waals surface area contributed by atoms with Crippen LogP contribution in [0.3, 0.4) is 0 Å². The van der Waals surface area contributed by atoms with Gasteiger partial charge >= 0.3 is 0 Å². The maximum absolute atomic E-state index is 13.8. The Labute approximate surface area is 229 Å². The number of nitrogens with zero attached hydrogens (tertiary/aromatic N) is 1. The number of amides is 2. The molecule has 0 aromatic heterocycles. The molecule has 36 heavy (non-hydrogen) atoms. The zero-order valence-electron chi connectivity index (χ0n) is 18.8. The lowest BCUT2D eigenvalue weighted by Crippen LogP contribution is -2.39. The van der Waals surface area contributed by atoms with Crippen molar-refractivity contribution in [3.63, 3.8) is 0 Å². The van der Waals surface area contributed by atoms with E-state index < -0.39 is 23.7 Å². The van der Waals surface area contributed by atoms with Crippen molar-refractivity contribution in [2.24, 2.45) is 17.8 Å². The van der Waals surface area contributed by atoms with Crippen molar-refractivity contribution in [3.05, 3.63) is 91.0 Å². The Morgan fingerprint density at radius 1 is 0.972 bits per heavy atom. The van der Waals surface area contributed by atoms with E-state index in [4.69, 9.17) is 0 Å². The number of halogens is 2. The van der Waals surface area contributed by atoms with Gasteiger partial charge in [-0.3, -0.25) is 24.1 Å². The highest BCUT2D eigenvalue weighted by atomic mass is 127. The fraction of sp³-hybridized carbons (Fsp3) is 0.214. The molecule has 0 bridgehead atoms. The van der Waals surface area contributed by atoms with Gasteiger partial charge in [0.05, 0.1) is 22.0 Å². The Balaban J connectivity index is 1.48. The van der Waals surface area contributed by atoms with Crippen LogP contribution in [0.5, 0.6) is 5.75 Å². The van der Waals surface area contributed by atoms with Crippen molar-refractivity contribution >= 4 is 67.6 Å². The fourth-order valence-corrected chi connectivity index (χ4v) is 6.94. The smallest absolute Gasteiger partial charge is 0.238 e. The summed E-state index contributed by atoms with van der Waals surface area (Å²) >= 11 is 5.40. The monoisotopic (exact) mass is 655 g/mol. The van der Waals surface area contributed by atoms with Crippen LogP contribution in [0.4, 0.5) is 5.69 Å². The summed E-state index contributed by atoms with van der Waals surface area (Å²) in [7, 11) is 0. The van der Waals surface area contributed by atoms with Crippen molar-refractivity contribution in [2.75, 3.05) is 4.90 Å². The van der Waals surface area contributed by atoms with E-state index in [1.807, 2.05) is 24.3 Å². The molecular weight excluding hydrogens is 637 g/mol. The molecule has 1 fully saturated rings. The first kappa shape index (κ1) is 23.5. The Morgan fingerprint density at radius 3 is 2.44 bits per heavy atom. The van der Waals surface area contributed by atoms with Crippen LogP contribution in [-0.4, -0.2) is 28.5 Å². The molecule has 2 amide bonds. The number of phenols is 1. The van der Waals surface area contributed by atoms with Gasteiger partial charge in [-0.1, -0.05) is 23.8 Å². The second-order valence-corrected chi connectivity index (χ2v) is 11.6. The summed E-state index contributed by atoms with van der Waals surface area (Å²) in [5.74, 6) is -3.13. The number of allylic oxidation sites excluding steroid dienone is 6. The third kappa shape index (κ3) is 3.48. The minimum absolute atomic E-state index is 0.0503. The topological polar surface area (TPSA) is 91.8 Å². The Morgan fingerprint density at radius 2 is 1.72 bits per heavy atom. The largest absolute Gasteiger partial charge is 0.508 e. The molecule has 4 unspecified atom stereocenters. The minimum atomic E-state index is -0.627. The molecule has 1 saturated heterocycles. The van der Waals surface area contributed by atoms with Crippen molar-refractivity contribution in [1.29, 1.82) is 0 Å². The van der Waals surface area contributed by atoms with E-state index in [9.17, 15) is 24.3 Å². The highest BCUT2D eigenvalue weighted by Gasteiger charge is 2.56. The van der Waals surface area contributed by atoms with Gasteiger partial charge in [-0.2, -0.15) is 0 Å². The van der Waals surface area contributed by atoms with Gasteiger partial charge in [0.15, 0.2) is 11.6 Å². The highest BCUT2D eigenvalue weighted by molar-refractivity contribution is 14.1. The van der Waals surface area contributed by atoms with Crippen LogP contribution < -0.4 is 4.90 Å². The predicted octanol–water partition coefficient (Wildman–Crippen LogP) is 4.96. The van der Waals surface area contributed by atoms with Gasteiger partial charge in [-0.25, -0.2) is 0 Å². The quantitative estimate of drug-likeness (QED) is 0.214. The molecule has 8 heteroatoms. The van der Waals surface area contributed by atoms with E-state index in [0.29, 0.717) is 28.8 Å². The average Bonchev–Trinajstić information content (AvgIpc) is 3.12. The third-order valence-corrected chi connectivity index (χ3v) is 8.93. The number of fused-ring (bicyclic) bond motifs is 3. The molecule has 0 spiro atoms. The Bertz CT molecular complexity index is 1470. The van der Waals surface area contributed by atoms with E-state index in [-0.39, 0.29) is 40.0 Å². The van der Waals surface area contributed by atoms with Gasteiger partial charge in [-0.05, 0) is 99.2 Å². The number of anilines is 1. The molecule has 1 heterocycles. The summed E-state index contributed by atoms with van der Waals surface area (Å²) in [4.78, 5) is 55.0. The van der Waals surface area contributed by atoms with E-state index in [1.54, 1.807) is 30.3 Å². The zero-order valence-corrected chi connectivity index (χ0v) is 22.5. The molecule has 6 nitrogen and oxygen atoms in total. The lowest BCUT2D eigenvalue weighted by atomic mass is 9.59. The molecule has 2 aromatic carbocycles. The van der Waals surface area contributed by atoms with Crippen LogP contribution in [0.1, 0.15) is 24.3 Å². The summed E-state index contributed by atoms with van der Waals surface area (Å²) in [6, 6.07) is 13.9. The third-order valence-electron chi connectivity index (χ3n) is 7.62.